The van der Waals surface area contributed by atoms with Crippen LogP contribution in [0.4, 0.5) is 0 Å². The number of hydrogen-bond donors (Lipinski definition) is 2. The summed E-state index contributed by atoms with van der Waals surface area (Å²) in [7, 11) is 0. The van der Waals surface area contributed by atoms with Gasteiger partial charge in [0.05, 0.1) is 11.7 Å². The van der Waals surface area contributed by atoms with Crippen LogP contribution in [0, 0.1) is 0 Å². The molecule has 0 aromatic rings. The molecule has 1 unspecified atom stereocenters. The summed E-state index contributed by atoms with van der Waals surface area (Å²) in [6, 6.07) is 0. The summed E-state index contributed by atoms with van der Waals surface area (Å²) in [6.45, 7) is 5.94. The molecule has 0 amide bonds. The van der Waals surface area contributed by atoms with Gasteiger partial charge in [-0.05, 0) is 32.1 Å². The van der Waals surface area contributed by atoms with E-state index in [9.17, 15) is 10.2 Å². The smallest absolute Gasteiger partial charge is 1.00 e. The summed E-state index contributed by atoms with van der Waals surface area (Å²) < 4.78 is 0. The third kappa shape index (κ3) is 6.92. The summed E-state index contributed by atoms with van der Waals surface area (Å²) >= 11 is 0. The molecular weight excluding hydrogens is 175 g/mol. The molecule has 2 N–H and O–H groups in total. The minimum Gasteiger partial charge on any atom is -1.00 e. The topological polar surface area (TPSA) is 40.5 Å². The molecule has 76 valence electrons. The second kappa shape index (κ2) is 8.25. The van der Waals surface area contributed by atoms with Gasteiger partial charge in [-0.15, -0.1) is 0 Å². The Morgan fingerprint density at radius 3 is 2.00 bits per heavy atom. The minimum atomic E-state index is -0.545. The molecule has 0 saturated carbocycles. The Labute approximate surface area is 106 Å². The SMILES string of the molecule is CCC(O)CCC(O)(CC)CC.[H-].[Na+]. The molecule has 0 radical (unpaired) electrons. The zero-order valence-corrected chi connectivity index (χ0v) is 11.5. The molecule has 0 aromatic heterocycles. The fraction of sp³-hybridized carbons (Fsp3) is 1.00. The average molecular weight is 198 g/mol. The first-order valence-electron chi connectivity index (χ1n) is 4.98. The predicted molar refractivity (Wildman–Crippen MR) is 52.2 cm³/mol. The fourth-order valence-corrected chi connectivity index (χ4v) is 1.24. The second-order valence-electron chi connectivity index (χ2n) is 3.53. The predicted octanol–water partition coefficient (Wildman–Crippen LogP) is -0.795. The molecular formula is C10H23NaO2. The molecule has 3 heteroatoms. The van der Waals surface area contributed by atoms with Crippen molar-refractivity contribution in [3.05, 3.63) is 0 Å². The van der Waals surface area contributed by atoms with Crippen molar-refractivity contribution >= 4 is 0 Å². The van der Waals surface area contributed by atoms with Gasteiger partial charge in [-0.2, -0.15) is 0 Å². The van der Waals surface area contributed by atoms with Gasteiger partial charge in [0.1, 0.15) is 0 Å². The van der Waals surface area contributed by atoms with Crippen LogP contribution in [0.15, 0.2) is 0 Å². The zero-order chi connectivity index (χ0) is 9.61. The van der Waals surface area contributed by atoms with E-state index in [1.54, 1.807) is 0 Å². The van der Waals surface area contributed by atoms with Gasteiger partial charge < -0.3 is 11.6 Å². The van der Waals surface area contributed by atoms with E-state index in [0.717, 1.165) is 25.7 Å². The van der Waals surface area contributed by atoms with Crippen LogP contribution in [0.2, 0.25) is 0 Å². The molecule has 0 aromatic carbocycles. The summed E-state index contributed by atoms with van der Waals surface area (Å²) in [5.41, 5.74) is -0.545. The van der Waals surface area contributed by atoms with Crippen LogP contribution in [0.5, 0.6) is 0 Å². The Hall–Kier alpha value is 0.920. The Morgan fingerprint density at radius 2 is 1.69 bits per heavy atom. The van der Waals surface area contributed by atoms with E-state index < -0.39 is 5.60 Å². The van der Waals surface area contributed by atoms with Crippen LogP contribution < -0.4 is 29.6 Å². The zero-order valence-electron chi connectivity index (χ0n) is 10.5. The largest absolute Gasteiger partial charge is 1.00 e. The first-order chi connectivity index (χ1) is 5.58. The third-order valence-corrected chi connectivity index (χ3v) is 2.73. The van der Waals surface area contributed by atoms with Gasteiger partial charge in [-0.3, -0.25) is 0 Å². The van der Waals surface area contributed by atoms with Crippen LogP contribution in [0.3, 0.4) is 0 Å². The monoisotopic (exact) mass is 198 g/mol. The van der Waals surface area contributed by atoms with E-state index in [0.29, 0.717) is 6.42 Å². The van der Waals surface area contributed by atoms with Gasteiger partial charge in [0.25, 0.3) is 0 Å². The van der Waals surface area contributed by atoms with Gasteiger partial charge in [0, 0.05) is 0 Å². The summed E-state index contributed by atoms with van der Waals surface area (Å²) in [5.74, 6) is 0. The molecule has 0 aliphatic heterocycles. The number of rotatable bonds is 6. The van der Waals surface area contributed by atoms with Gasteiger partial charge in [0.15, 0.2) is 0 Å². The van der Waals surface area contributed by atoms with E-state index >= 15 is 0 Å². The Balaban J connectivity index is -0.000000605. The van der Waals surface area contributed by atoms with Crippen molar-refractivity contribution in [2.75, 3.05) is 0 Å². The third-order valence-electron chi connectivity index (χ3n) is 2.73. The molecule has 0 spiro atoms. The van der Waals surface area contributed by atoms with Gasteiger partial charge in [-0.25, -0.2) is 0 Å². The second-order valence-corrected chi connectivity index (χ2v) is 3.53. The maximum atomic E-state index is 9.86. The molecule has 0 rings (SSSR count). The summed E-state index contributed by atoms with van der Waals surface area (Å²) in [4.78, 5) is 0. The van der Waals surface area contributed by atoms with E-state index in [1.165, 1.54) is 0 Å². The van der Waals surface area contributed by atoms with Crippen LogP contribution in [-0.4, -0.2) is 21.9 Å². The van der Waals surface area contributed by atoms with Crippen molar-refractivity contribution in [2.24, 2.45) is 0 Å². The van der Waals surface area contributed by atoms with E-state index in [2.05, 4.69) is 0 Å². The minimum absolute atomic E-state index is 0. The molecule has 0 saturated heterocycles. The molecule has 0 fully saturated rings. The van der Waals surface area contributed by atoms with Crippen molar-refractivity contribution in [3.8, 4) is 0 Å². The van der Waals surface area contributed by atoms with Crippen molar-refractivity contribution < 1.29 is 41.2 Å². The van der Waals surface area contributed by atoms with Crippen LogP contribution in [-0.2, 0) is 0 Å². The van der Waals surface area contributed by atoms with Crippen LogP contribution in [0.25, 0.3) is 0 Å². The van der Waals surface area contributed by atoms with Crippen molar-refractivity contribution in [1.29, 1.82) is 0 Å². The quantitative estimate of drug-likeness (QED) is 0.549. The maximum absolute atomic E-state index is 9.86. The number of aliphatic hydroxyl groups excluding tert-OH is 1. The first-order valence-corrected chi connectivity index (χ1v) is 4.98. The van der Waals surface area contributed by atoms with Crippen molar-refractivity contribution in [2.45, 2.75) is 64.6 Å². The molecule has 13 heavy (non-hydrogen) atoms. The first kappa shape index (κ1) is 16.4. The summed E-state index contributed by atoms with van der Waals surface area (Å²) in [6.07, 6.45) is 3.53. The number of hydrogen-bond acceptors (Lipinski definition) is 2. The van der Waals surface area contributed by atoms with Crippen molar-refractivity contribution in [1.82, 2.24) is 0 Å². The van der Waals surface area contributed by atoms with E-state index in [1.807, 2.05) is 20.8 Å². The average Bonchev–Trinajstić information content (AvgIpc) is 2.13. The van der Waals surface area contributed by atoms with Gasteiger partial charge in [-0.1, -0.05) is 20.8 Å². The standard InChI is InChI=1S/C10H22O2.Na.H/c1-4-9(11)7-8-10(12,5-2)6-3;;/h9,11-12H,4-8H2,1-3H3;;/q;+1;-1. The molecule has 2 nitrogen and oxygen atoms in total. The van der Waals surface area contributed by atoms with Crippen LogP contribution >= 0.6 is 0 Å². The Bertz CT molecular complexity index is 119. The number of aliphatic hydroxyl groups is 2. The van der Waals surface area contributed by atoms with Crippen LogP contribution in [0.1, 0.15) is 54.3 Å². The molecule has 0 aliphatic rings. The van der Waals surface area contributed by atoms with E-state index in [4.69, 9.17) is 0 Å². The molecule has 1 atom stereocenters. The maximum Gasteiger partial charge on any atom is 1.00 e. The van der Waals surface area contributed by atoms with Gasteiger partial charge in [0.2, 0.25) is 0 Å². The van der Waals surface area contributed by atoms with Gasteiger partial charge >= 0.3 is 29.6 Å². The molecule has 0 aliphatic carbocycles. The molecule has 0 bridgehead atoms. The molecule has 0 heterocycles. The summed E-state index contributed by atoms with van der Waals surface area (Å²) in [5, 5.41) is 19.2. The Morgan fingerprint density at radius 1 is 1.23 bits per heavy atom. The fourth-order valence-electron chi connectivity index (χ4n) is 1.24. The Kier molecular flexibility index (Phi) is 10.4. The van der Waals surface area contributed by atoms with E-state index in [-0.39, 0.29) is 37.1 Å². The normalized spacial score (nSPS) is 13.6. The van der Waals surface area contributed by atoms with Crippen molar-refractivity contribution in [3.63, 3.8) is 0 Å².